The van der Waals surface area contributed by atoms with Crippen molar-refractivity contribution in [3.63, 3.8) is 0 Å². The molecule has 0 saturated carbocycles. The van der Waals surface area contributed by atoms with E-state index in [1.807, 2.05) is 30.3 Å². The third-order valence-electron chi connectivity index (χ3n) is 2.39. The van der Waals surface area contributed by atoms with Gasteiger partial charge >= 0.3 is 0 Å². The second kappa shape index (κ2) is 4.18. The van der Waals surface area contributed by atoms with Crippen LogP contribution in [0.2, 0.25) is 0 Å². The summed E-state index contributed by atoms with van der Waals surface area (Å²) in [5, 5.41) is 9.43. The molecule has 0 unspecified atom stereocenters. The Morgan fingerprint density at radius 2 is 2.00 bits per heavy atom. The van der Waals surface area contributed by atoms with Crippen LogP contribution < -0.4 is 5.56 Å². The summed E-state index contributed by atoms with van der Waals surface area (Å²) in [6.45, 7) is 1.54. The first kappa shape index (κ1) is 10.4. The minimum atomic E-state index is -0.293. The van der Waals surface area contributed by atoms with Crippen molar-refractivity contribution < 1.29 is 5.11 Å². The van der Waals surface area contributed by atoms with E-state index in [4.69, 9.17) is 0 Å². The number of aromatic nitrogens is 2. The summed E-state index contributed by atoms with van der Waals surface area (Å²) in [5.74, 6) is 0.272. The van der Waals surface area contributed by atoms with Crippen LogP contribution >= 0.6 is 0 Å². The predicted molar refractivity (Wildman–Crippen MR) is 60.5 cm³/mol. The van der Waals surface area contributed by atoms with Gasteiger partial charge in [0.25, 0.3) is 5.56 Å². The number of nitrogens with zero attached hydrogens (tertiary/aromatic N) is 1. The maximum Gasteiger partial charge on any atom is 0.257 e. The van der Waals surface area contributed by atoms with E-state index in [9.17, 15) is 9.90 Å². The fraction of sp³-hybridized carbons (Fsp3) is 0.167. The van der Waals surface area contributed by atoms with E-state index in [0.717, 1.165) is 5.56 Å². The average Bonchev–Trinajstić information content (AvgIpc) is 2.27. The van der Waals surface area contributed by atoms with Crippen LogP contribution in [-0.4, -0.2) is 15.1 Å². The number of hydrogen-bond donors (Lipinski definition) is 2. The van der Waals surface area contributed by atoms with Gasteiger partial charge in [0.05, 0.1) is 5.56 Å². The van der Waals surface area contributed by atoms with E-state index in [-0.39, 0.29) is 17.0 Å². The van der Waals surface area contributed by atoms with Crippen LogP contribution in [0.25, 0.3) is 0 Å². The summed E-state index contributed by atoms with van der Waals surface area (Å²) >= 11 is 0. The molecule has 4 nitrogen and oxygen atoms in total. The summed E-state index contributed by atoms with van der Waals surface area (Å²) < 4.78 is 0. The van der Waals surface area contributed by atoms with Crippen molar-refractivity contribution in [1.82, 2.24) is 9.97 Å². The number of rotatable bonds is 2. The molecular formula is C12H12N2O2. The molecule has 0 atom stereocenters. The van der Waals surface area contributed by atoms with Gasteiger partial charge in [0.2, 0.25) is 5.88 Å². The monoisotopic (exact) mass is 216 g/mol. The number of aromatic hydroxyl groups is 1. The largest absolute Gasteiger partial charge is 0.493 e. The molecule has 0 radical (unpaired) electrons. The van der Waals surface area contributed by atoms with Crippen LogP contribution in [0.3, 0.4) is 0 Å². The van der Waals surface area contributed by atoms with Crippen molar-refractivity contribution in [3.8, 4) is 5.88 Å². The van der Waals surface area contributed by atoms with E-state index in [1.54, 1.807) is 0 Å². The highest BCUT2D eigenvalue weighted by Gasteiger charge is 2.06. The molecule has 0 amide bonds. The van der Waals surface area contributed by atoms with Crippen molar-refractivity contribution in [3.05, 3.63) is 57.6 Å². The number of nitrogens with one attached hydrogen (secondary N) is 1. The van der Waals surface area contributed by atoms with Crippen molar-refractivity contribution in [2.24, 2.45) is 0 Å². The number of benzene rings is 1. The highest BCUT2D eigenvalue weighted by atomic mass is 16.3. The summed E-state index contributed by atoms with van der Waals surface area (Å²) in [4.78, 5) is 18.0. The molecule has 2 rings (SSSR count). The van der Waals surface area contributed by atoms with E-state index in [2.05, 4.69) is 9.97 Å². The highest BCUT2D eigenvalue weighted by molar-refractivity contribution is 5.23. The van der Waals surface area contributed by atoms with Crippen LogP contribution in [0.15, 0.2) is 35.1 Å². The lowest BCUT2D eigenvalue weighted by atomic mass is 10.1. The van der Waals surface area contributed by atoms with Gasteiger partial charge in [-0.2, -0.15) is 4.98 Å². The Labute approximate surface area is 92.6 Å². The van der Waals surface area contributed by atoms with Crippen LogP contribution in [0, 0.1) is 6.92 Å². The maximum atomic E-state index is 11.4. The zero-order valence-corrected chi connectivity index (χ0v) is 8.90. The first-order valence-electron chi connectivity index (χ1n) is 4.99. The van der Waals surface area contributed by atoms with Gasteiger partial charge in [-0.3, -0.25) is 4.79 Å². The van der Waals surface area contributed by atoms with Crippen LogP contribution in [0.4, 0.5) is 0 Å². The Hall–Kier alpha value is -2.10. The summed E-state index contributed by atoms with van der Waals surface area (Å²) in [6, 6.07) is 9.64. The summed E-state index contributed by atoms with van der Waals surface area (Å²) in [6.07, 6.45) is 0.504. The Balaban J connectivity index is 2.33. The van der Waals surface area contributed by atoms with Crippen LogP contribution in [-0.2, 0) is 6.42 Å². The van der Waals surface area contributed by atoms with Crippen LogP contribution in [0.1, 0.15) is 17.0 Å². The lowest BCUT2D eigenvalue weighted by Crippen LogP contribution is -2.14. The Morgan fingerprint density at radius 1 is 1.31 bits per heavy atom. The molecule has 2 aromatic rings. The molecule has 1 aromatic carbocycles. The SMILES string of the molecule is Cc1c(O)nc(Cc2ccccc2)[nH]c1=O. The smallest absolute Gasteiger partial charge is 0.257 e. The van der Waals surface area contributed by atoms with Gasteiger partial charge < -0.3 is 10.1 Å². The molecule has 0 saturated heterocycles. The van der Waals surface area contributed by atoms with Gasteiger partial charge in [0.15, 0.2) is 0 Å². The van der Waals surface area contributed by atoms with Crippen molar-refractivity contribution >= 4 is 0 Å². The molecule has 2 N–H and O–H groups in total. The number of hydrogen-bond acceptors (Lipinski definition) is 3. The van der Waals surface area contributed by atoms with E-state index in [0.29, 0.717) is 12.2 Å². The van der Waals surface area contributed by atoms with E-state index >= 15 is 0 Å². The standard InChI is InChI=1S/C12H12N2O2/c1-8-11(15)13-10(14-12(8)16)7-9-5-3-2-4-6-9/h2-6H,7H2,1H3,(H2,13,14,15,16). The third kappa shape index (κ3) is 2.11. The summed E-state index contributed by atoms with van der Waals surface area (Å²) in [5.41, 5.74) is 0.990. The highest BCUT2D eigenvalue weighted by Crippen LogP contribution is 2.09. The van der Waals surface area contributed by atoms with Gasteiger partial charge in [-0.25, -0.2) is 0 Å². The van der Waals surface area contributed by atoms with Gasteiger partial charge in [-0.05, 0) is 12.5 Å². The van der Waals surface area contributed by atoms with Gasteiger partial charge in [-0.15, -0.1) is 0 Å². The molecule has 1 heterocycles. The first-order chi connectivity index (χ1) is 7.66. The van der Waals surface area contributed by atoms with Crippen LogP contribution in [0.5, 0.6) is 5.88 Å². The molecule has 16 heavy (non-hydrogen) atoms. The van der Waals surface area contributed by atoms with Gasteiger partial charge in [-0.1, -0.05) is 30.3 Å². The minimum absolute atomic E-state index is 0.199. The Kier molecular flexibility index (Phi) is 2.72. The molecule has 1 aromatic heterocycles. The van der Waals surface area contributed by atoms with Crippen molar-refractivity contribution in [2.75, 3.05) is 0 Å². The van der Waals surface area contributed by atoms with Crippen molar-refractivity contribution in [1.29, 1.82) is 0 Å². The Bertz CT molecular complexity index is 547. The zero-order chi connectivity index (χ0) is 11.5. The summed E-state index contributed by atoms with van der Waals surface area (Å²) in [7, 11) is 0. The average molecular weight is 216 g/mol. The molecular weight excluding hydrogens is 204 g/mol. The number of H-pyrrole nitrogens is 1. The second-order valence-corrected chi connectivity index (χ2v) is 3.62. The molecule has 82 valence electrons. The lowest BCUT2D eigenvalue weighted by molar-refractivity contribution is 0.443. The fourth-order valence-corrected chi connectivity index (χ4v) is 1.44. The lowest BCUT2D eigenvalue weighted by Gasteiger charge is -2.03. The van der Waals surface area contributed by atoms with E-state index < -0.39 is 0 Å². The molecule has 0 spiro atoms. The van der Waals surface area contributed by atoms with Gasteiger partial charge in [0.1, 0.15) is 5.82 Å². The zero-order valence-electron chi connectivity index (χ0n) is 8.90. The quantitative estimate of drug-likeness (QED) is 0.796. The van der Waals surface area contributed by atoms with E-state index in [1.165, 1.54) is 6.92 Å². The molecule has 0 aliphatic heterocycles. The molecule has 0 fully saturated rings. The van der Waals surface area contributed by atoms with Gasteiger partial charge in [0, 0.05) is 6.42 Å². The normalized spacial score (nSPS) is 10.3. The molecule has 0 aliphatic carbocycles. The topological polar surface area (TPSA) is 66.0 Å². The number of aromatic amines is 1. The molecule has 0 aliphatic rings. The Morgan fingerprint density at radius 3 is 2.62 bits per heavy atom. The van der Waals surface area contributed by atoms with Crippen molar-refractivity contribution in [2.45, 2.75) is 13.3 Å². The molecule has 4 heteroatoms. The second-order valence-electron chi connectivity index (χ2n) is 3.62. The maximum absolute atomic E-state index is 11.4. The third-order valence-corrected chi connectivity index (χ3v) is 2.39. The fourth-order valence-electron chi connectivity index (χ4n) is 1.44. The first-order valence-corrected chi connectivity index (χ1v) is 4.99. The predicted octanol–water partition coefficient (Wildman–Crippen LogP) is 1.37. The minimum Gasteiger partial charge on any atom is -0.493 e. The molecule has 0 bridgehead atoms.